The number of esters is 1. The molecule has 786 valence electrons. The average Bonchev–Trinajstić information content (AvgIpc) is 1.16. The van der Waals surface area contributed by atoms with Gasteiger partial charge < -0.3 is 70.7 Å². The number of nitrogens with zero attached hydrogens (tertiary/aromatic N) is 24. The molecule has 3 aromatic carbocycles. The molecule has 3 saturated heterocycles. The number of aliphatic hydroxyl groups is 3. The van der Waals surface area contributed by atoms with Gasteiger partial charge in [-0.1, -0.05) is 149 Å². The predicted molar refractivity (Wildman–Crippen MR) is 602 cm³/mol. The Morgan fingerprint density at radius 2 is 0.796 bits per heavy atom. The highest BCUT2D eigenvalue weighted by molar-refractivity contribution is 14.1. The first kappa shape index (κ1) is 112. The molecule has 19 rings (SSSR count). The number of nitrogen functional groups attached to an aromatic ring is 1. The van der Waals surface area contributed by atoms with E-state index in [1.807, 2.05) is 145 Å². The maximum Gasteiger partial charge on any atom is 0.306 e. The molecule has 0 radical (unpaired) electrons. The van der Waals surface area contributed by atoms with Crippen molar-refractivity contribution in [3.8, 4) is 0 Å². The molecule has 37 nitrogen and oxygen atoms in total. The highest BCUT2D eigenvalue weighted by Crippen LogP contribution is 2.43. The summed E-state index contributed by atoms with van der Waals surface area (Å²) in [6.07, 6.45) is 31.2. The maximum atomic E-state index is 12.9. The van der Waals surface area contributed by atoms with Crippen LogP contribution in [0, 0.1) is 3.83 Å². The number of carbonyl (C=O) groups excluding carboxylic acids is 2. The van der Waals surface area contributed by atoms with Crippen molar-refractivity contribution in [3.05, 3.63) is 240 Å². The van der Waals surface area contributed by atoms with Gasteiger partial charge in [-0.2, -0.15) is 35.3 Å². The third kappa shape index (κ3) is 32.4. The maximum absolute atomic E-state index is 12.9. The lowest BCUT2D eigenvalue weighted by Crippen LogP contribution is -2.49. The first-order valence-electron chi connectivity index (χ1n) is 49.5. The molecule has 12 aromatic heterocycles. The number of methoxy groups -OCH3 is 1. The Kier molecular flexibility index (Phi) is 40.0. The molecule has 0 atom stereocenters. The summed E-state index contributed by atoms with van der Waals surface area (Å²) in [6.45, 7) is 31.8. The molecule has 15 aromatic rings. The monoisotopic (exact) mass is 2360 g/mol. The number of carbonyl (C=O) groups is 2. The molecule has 147 heavy (non-hydrogen) atoms. The Bertz CT molecular complexity index is 6700. The minimum atomic E-state index is -1.11. The van der Waals surface area contributed by atoms with Gasteiger partial charge in [0, 0.05) is 188 Å². The van der Waals surface area contributed by atoms with Gasteiger partial charge in [-0.15, -0.1) is 20.4 Å². The average molecular weight is 2360 g/mol. The standard InChI is InChI=1S/C31H38ClN9O4.C27H36ClN7O2Si.C15H21BrN6OSi.C13H17ClO.C9H19N3OSi.C6H3BrIN3/c1-45-28(44)8-12-37-15-17-39(18-16-37)27(43)21-40-20-25(19-33-40)34-30-35-29-26(3-2-11-41(29)36-30)38-13-9-31(22-42,10-14-38)23-4-6-24(32)7-5-23;1-38(2,3)16-15-37-20-34-18-23(17-29-34)30-26-31-25-24(5-4-12-35(25)32-26)33-13-10-27(19-36,11-14-33)21-6-8-22(28)9-7-21;1-24(2,3)8-7-23-11-21-10-12(9-17-21)18-15-19-14-13(16)5-4-6-22(14)20-15;14-12-6-4-11(5-7-12)13(10-15)8-2-1-3-9-13;1-14(2,3)5-4-13-8-12-7-9(10)6-11-12;7-4-2-1-3-11-5(4)9-6(8)10-11/h2-7,11,19-20,42H,8-10,12-18,21-22H2,1H3,(H,34,36);4-9,12,17-18,36H,10-11,13-16,19-20H2,1-3H3,(H,30,32);4-6,9-10H,7-8,11H2,1-3H3,(H,18,20);4-7,15H,1-3,8-10H2;6-7H,4-5,8,10H2,1-3H3;1-3H. The number of pyridine rings is 4. The number of nitrogens with two attached hydrogens (primary N) is 1. The van der Waals surface area contributed by atoms with E-state index in [0.29, 0.717) is 85.5 Å². The van der Waals surface area contributed by atoms with Gasteiger partial charge >= 0.3 is 5.97 Å². The first-order valence-corrected chi connectivity index (χ1v) is 64.4. The van der Waals surface area contributed by atoms with Crippen LogP contribution in [0.3, 0.4) is 0 Å². The van der Waals surface area contributed by atoms with Gasteiger partial charge in [-0.05, 0) is 190 Å². The smallest absolute Gasteiger partial charge is 0.306 e. The molecule has 1 aliphatic carbocycles. The number of benzene rings is 3. The molecule has 0 unspecified atom stereocenters. The van der Waals surface area contributed by atoms with Crippen molar-refractivity contribution in [2.45, 2.75) is 184 Å². The molecule has 0 bridgehead atoms. The number of ether oxygens (including phenoxy) is 4. The summed E-state index contributed by atoms with van der Waals surface area (Å²) in [4.78, 5) is 51.2. The van der Waals surface area contributed by atoms with Crippen LogP contribution in [0.1, 0.15) is 80.9 Å². The summed E-state index contributed by atoms with van der Waals surface area (Å²) in [5.74, 6) is 1.24. The molecule has 46 heteroatoms. The van der Waals surface area contributed by atoms with E-state index >= 15 is 0 Å². The summed E-state index contributed by atoms with van der Waals surface area (Å²) in [6, 6.07) is 42.9. The second kappa shape index (κ2) is 52.4. The van der Waals surface area contributed by atoms with Crippen molar-refractivity contribution in [2.24, 2.45) is 0 Å². The Hall–Kier alpha value is -10.3. The number of aromatic nitrogens is 20. The molecular formula is C101H134Br2Cl3IN28O9Si3. The normalized spacial score (nSPS) is 15.2. The van der Waals surface area contributed by atoms with E-state index in [1.54, 1.807) is 74.0 Å². The number of aliphatic hydroxyl groups excluding tert-OH is 3. The molecule has 4 fully saturated rings. The number of amides is 1. The van der Waals surface area contributed by atoms with Crippen LogP contribution in [0.4, 0.5) is 52.0 Å². The number of hydrogen-bond acceptors (Lipinski definition) is 28. The fourth-order valence-electron chi connectivity index (χ4n) is 17.5. The zero-order valence-electron chi connectivity index (χ0n) is 85.0. The highest BCUT2D eigenvalue weighted by Gasteiger charge is 2.39. The Labute approximate surface area is 905 Å². The topological polar surface area (TPSA) is 399 Å². The van der Waals surface area contributed by atoms with Crippen LogP contribution in [0.2, 0.25) is 92.1 Å². The molecule has 0 spiro atoms. The molecule has 3 aliphatic heterocycles. The van der Waals surface area contributed by atoms with E-state index in [1.165, 1.54) is 38.0 Å². The molecular weight excluding hydrogens is 2230 g/mol. The lowest BCUT2D eigenvalue weighted by Gasteiger charge is -2.42. The van der Waals surface area contributed by atoms with E-state index < -0.39 is 24.2 Å². The minimum absolute atomic E-state index is 0.00282. The Morgan fingerprint density at radius 3 is 1.17 bits per heavy atom. The molecule has 4 aliphatic rings. The number of nitrogens with one attached hydrogen (secondary N) is 3. The van der Waals surface area contributed by atoms with Crippen molar-refractivity contribution in [1.82, 2.24) is 107 Å². The van der Waals surface area contributed by atoms with Crippen LogP contribution < -0.4 is 31.5 Å². The summed E-state index contributed by atoms with van der Waals surface area (Å²) in [5, 5.41) is 77.0. The van der Waals surface area contributed by atoms with E-state index in [0.717, 1.165) is 184 Å². The van der Waals surface area contributed by atoms with Crippen LogP contribution in [-0.2, 0) is 71.5 Å². The zero-order valence-corrected chi connectivity index (χ0v) is 95.6. The number of piperidine rings is 2. The van der Waals surface area contributed by atoms with Gasteiger partial charge in [0.15, 0.2) is 22.6 Å². The number of rotatable bonds is 34. The van der Waals surface area contributed by atoms with E-state index in [-0.39, 0.29) is 54.5 Å². The summed E-state index contributed by atoms with van der Waals surface area (Å²) < 4.78 is 38.2. The van der Waals surface area contributed by atoms with Gasteiger partial charge in [0.1, 0.15) is 26.7 Å². The van der Waals surface area contributed by atoms with Crippen molar-refractivity contribution >= 4 is 200 Å². The van der Waals surface area contributed by atoms with Gasteiger partial charge in [0.25, 0.3) is 0 Å². The van der Waals surface area contributed by atoms with E-state index in [4.69, 9.17) is 69.5 Å². The molecule has 8 N–H and O–H groups in total. The summed E-state index contributed by atoms with van der Waals surface area (Å²) in [7, 11) is -1.74. The Morgan fingerprint density at radius 1 is 0.442 bits per heavy atom. The first-order chi connectivity index (χ1) is 70.5. The van der Waals surface area contributed by atoms with Crippen LogP contribution in [0.25, 0.3) is 22.6 Å². The van der Waals surface area contributed by atoms with Crippen LogP contribution in [-0.4, -0.2) is 264 Å². The van der Waals surface area contributed by atoms with Gasteiger partial charge in [-0.3, -0.25) is 19.2 Å². The number of hydrogen-bond donors (Lipinski definition) is 7. The van der Waals surface area contributed by atoms with E-state index in [9.17, 15) is 24.9 Å². The van der Waals surface area contributed by atoms with Crippen molar-refractivity contribution in [2.75, 3.05) is 137 Å². The number of anilines is 9. The number of piperazine rings is 1. The fourth-order valence-corrected chi connectivity index (χ4v) is 21.5. The third-order valence-corrected chi connectivity index (χ3v) is 33.9. The second-order valence-corrected chi connectivity index (χ2v) is 61.7. The fraction of sp³-hybridized carbons (Fsp3) is 0.446. The van der Waals surface area contributed by atoms with Crippen LogP contribution >= 0.6 is 89.3 Å². The van der Waals surface area contributed by atoms with Gasteiger partial charge in [-0.25, -0.2) is 37.1 Å². The van der Waals surface area contributed by atoms with Gasteiger partial charge in [0.2, 0.25) is 27.6 Å². The highest BCUT2D eigenvalue weighted by atomic mass is 127. The van der Waals surface area contributed by atoms with E-state index in [2.05, 4.69) is 213 Å². The number of fused-ring (bicyclic) bond motifs is 4. The van der Waals surface area contributed by atoms with Gasteiger partial charge in [0.05, 0.1) is 120 Å². The lowest BCUT2D eigenvalue weighted by atomic mass is 9.70. The zero-order chi connectivity index (χ0) is 104. The molecule has 1 amide bonds. The van der Waals surface area contributed by atoms with Crippen molar-refractivity contribution in [3.63, 3.8) is 0 Å². The lowest BCUT2D eigenvalue weighted by molar-refractivity contribution is -0.141. The SMILES string of the molecule is Brc1cccn2nc(I)nc12.COC(=O)CCN1CCN(C(=O)Cn2cc(Nc3nc4c(N5CCC(CO)(c6ccc(Cl)cc6)CC5)cccn4n3)cn2)CC1.C[Si](C)(C)CCOCn1cc(N)cn1.C[Si](C)(C)CCOCn1cc(Nc2nc3c(Br)cccn3n2)cn1.C[Si](C)(C)CCOCn1cc(Nc2nc3c(N4CCC(CO)(c5ccc(Cl)cc5)CC4)cccn3n2)cn1.OCC1(c2ccc(Cl)cc2)CCCCC1. The third-order valence-electron chi connectivity index (χ3n) is 26.4. The molecule has 1 saturated carbocycles. The molecule has 15 heterocycles. The van der Waals surface area contributed by atoms with Crippen LogP contribution in [0.15, 0.2) is 205 Å². The largest absolute Gasteiger partial charge is 0.469 e. The Balaban J connectivity index is 0.000000150. The summed E-state index contributed by atoms with van der Waals surface area (Å²) >= 11 is 27.0. The van der Waals surface area contributed by atoms with Crippen molar-refractivity contribution in [1.29, 1.82) is 0 Å². The van der Waals surface area contributed by atoms with Crippen LogP contribution in [0.5, 0.6) is 0 Å². The van der Waals surface area contributed by atoms with Crippen molar-refractivity contribution < 1.29 is 43.9 Å². The minimum Gasteiger partial charge on any atom is -0.469 e. The second-order valence-electron chi connectivity index (χ2n) is 40.9. The quantitative estimate of drug-likeness (QED) is 0.00852. The summed E-state index contributed by atoms with van der Waals surface area (Å²) in [5.41, 5.74) is 16.6. The predicted octanol–water partition coefficient (Wildman–Crippen LogP) is 18.9. The number of halogens is 6.